The molecule has 2 aliphatic heterocycles. The summed E-state index contributed by atoms with van der Waals surface area (Å²) in [4.78, 5) is 20.4. The molecule has 200 valence electrons. The van der Waals surface area contributed by atoms with Crippen LogP contribution in [0.4, 0.5) is 5.82 Å². The van der Waals surface area contributed by atoms with Crippen LogP contribution < -0.4 is 15.2 Å². The smallest absolute Gasteiger partial charge is 0.263 e. The minimum absolute atomic E-state index is 0.190. The van der Waals surface area contributed by atoms with Crippen molar-refractivity contribution >= 4 is 45.7 Å². The van der Waals surface area contributed by atoms with Crippen LogP contribution >= 0.6 is 23.2 Å². The molecule has 38 heavy (non-hydrogen) atoms. The maximum Gasteiger partial charge on any atom is 0.263 e. The lowest BCUT2D eigenvalue weighted by atomic mass is 9.85. The zero-order valence-electron chi connectivity index (χ0n) is 22.0. The summed E-state index contributed by atoms with van der Waals surface area (Å²) in [5.74, 6) is 1.92. The molecule has 1 spiro atoms. The Morgan fingerprint density at radius 2 is 1.74 bits per heavy atom. The number of para-hydroxylation sites is 1. The van der Waals surface area contributed by atoms with Crippen molar-refractivity contribution < 1.29 is 8.95 Å². The van der Waals surface area contributed by atoms with Crippen LogP contribution in [0.1, 0.15) is 50.6 Å². The minimum atomic E-state index is -1.42. The summed E-state index contributed by atoms with van der Waals surface area (Å²) in [5.41, 5.74) is 1.81. The molecule has 1 atom stereocenters. The zero-order chi connectivity index (χ0) is 27.4. The predicted octanol–water partition coefficient (Wildman–Crippen LogP) is 5.84. The highest BCUT2D eigenvalue weighted by Gasteiger charge is 2.48. The first-order valence-electron chi connectivity index (χ1n) is 12.5. The molecule has 0 aliphatic carbocycles. The van der Waals surface area contributed by atoms with Crippen LogP contribution in [0.2, 0.25) is 10.0 Å². The van der Waals surface area contributed by atoms with Crippen molar-refractivity contribution in [1.82, 2.24) is 9.55 Å². The molecule has 0 radical (unpaired) electrons. The summed E-state index contributed by atoms with van der Waals surface area (Å²) in [6.45, 7) is 10.5. The Hall–Kier alpha value is -2.68. The molecule has 0 N–H and O–H groups in total. The van der Waals surface area contributed by atoms with Gasteiger partial charge in [0.05, 0.1) is 26.0 Å². The van der Waals surface area contributed by atoms with Crippen molar-refractivity contribution in [2.45, 2.75) is 57.8 Å². The molecule has 0 saturated carbocycles. The molecule has 0 amide bonds. The number of hydrogen-bond donors (Lipinski definition) is 0. The average Bonchev–Trinajstić information content (AvgIpc) is 3.16. The van der Waals surface area contributed by atoms with Crippen LogP contribution in [0.25, 0.3) is 5.69 Å². The van der Waals surface area contributed by atoms with Crippen LogP contribution in [0.5, 0.6) is 5.75 Å². The molecule has 10 heteroatoms. The largest absolute Gasteiger partial charge is 0.480 e. The van der Waals surface area contributed by atoms with Gasteiger partial charge in [0.2, 0.25) is 0 Å². The third kappa shape index (κ3) is 4.56. The van der Waals surface area contributed by atoms with Crippen molar-refractivity contribution in [3.8, 4) is 11.4 Å². The first-order valence-corrected chi connectivity index (χ1v) is 14.4. The van der Waals surface area contributed by atoms with Crippen LogP contribution in [0.3, 0.4) is 0 Å². The van der Waals surface area contributed by atoms with E-state index in [0.717, 1.165) is 17.0 Å². The van der Waals surface area contributed by atoms with E-state index in [1.54, 1.807) is 32.0 Å². The van der Waals surface area contributed by atoms with Gasteiger partial charge in [0, 0.05) is 31.5 Å². The molecule has 2 aromatic carbocycles. The number of benzene rings is 2. The highest BCUT2D eigenvalue weighted by Crippen LogP contribution is 2.43. The minimum Gasteiger partial charge on any atom is -0.480 e. The number of rotatable bonds is 3. The fraction of sp³-hybridized carbons (Fsp3) is 0.393. The SMILES string of the molecule is Cc1c(N2CCC3(CC2)Oc2ccccc2/C3=N\[S@](=O)C(C)(C)C)nc(C)n(-c2cccc(Cl)c2Cl)c1=O. The summed E-state index contributed by atoms with van der Waals surface area (Å²) in [6.07, 6.45) is 1.23. The number of aryl methyl sites for hydroxylation is 1. The van der Waals surface area contributed by atoms with Gasteiger partial charge in [0.1, 0.15) is 34.1 Å². The van der Waals surface area contributed by atoms with Crippen LogP contribution in [-0.2, 0) is 11.0 Å². The highest BCUT2D eigenvalue weighted by molar-refractivity contribution is 7.85. The second-order valence-electron chi connectivity index (χ2n) is 10.7. The third-order valence-electron chi connectivity index (χ3n) is 7.07. The Labute approximate surface area is 235 Å². The molecule has 3 heterocycles. The summed E-state index contributed by atoms with van der Waals surface area (Å²) in [6, 6.07) is 13.0. The lowest BCUT2D eigenvalue weighted by molar-refractivity contribution is 0.124. The van der Waals surface area contributed by atoms with E-state index in [1.807, 2.05) is 45.0 Å². The first-order chi connectivity index (χ1) is 17.9. The fourth-order valence-electron chi connectivity index (χ4n) is 4.98. The lowest BCUT2D eigenvalue weighted by Gasteiger charge is -2.40. The van der Waals surface area contributed by atoms with Crippen molar-refractivity contribution in [3.05, 3.63) is 79.8 Å². The van der Waals surface area contributed by atoms with E-state index < -0.39 is 21.3 Å². The molecule has 3 aromatic rings. The lowest BCUT2D eigenvalue weighted by Crippen LogP contribution is -2.51. The number of anilines is 1. The molecule has 2 aliphatic rings. The maximum atomic E-state index is 13.5. The standard InChI is InChI=1S/C28H30Cl2N4O3S/c1-17-25(31-18(2)34(26(17)35)21-11-8-10-20(29)23(21)30)33-15-13-28(14-16-33)24(32-38(36)27(3,4)5)19-9-6-7-12-22(19)37-28/h6-12H,13-16H2,1-5H3/b32-24+/t38-/m1/s1. The quantitative estimate of drug-likeness (QED) is 0.394. The van der Waals surface area contributed by atoms with E-state index in [4.69, 9.17) is 37.3 Å². The molecule has 5 rings (SSSR count). The first kappa shape index (κ1) is 26.9. The van der Waals surface area contributed by atoms with Crippen LogP contribution in [0.15, 0.2) is 51.7 Å². The molecule has 1 fully saturated rings. The maximum absolute atomic E-state index is 13.5. The van der Waals surface area contributed by atoms with Gasteiger partial charge in [-0.15, -0.1) is 0 Å². The van der Waals surface area contributed by atoms with E-state index in [2.05, 4.69) is 4.90 Å². The Morgan fingerprint density at radius 1 is 1.05 bits per heavy atom. The number of halogens is 2. The summed E-state index contributed by atoms with van der Waals surface area (Å²) < 4.78 is 25.3. The summed E-state index contributed by atoms with van der Waals surface area (Å²) in [7, 11) is -1.42. The van der Waals surface area contributed by atoms with Gasteiger partial charge in [-0.2, -0.15) is 4.40 Å². The normalized spacial score (nSPS) is 18.5. The Balaban J connectivity index is 1.47. The van der Waals surface area contributed by atoms with E-state index in [-0.39, 0.29) is 5.56 Å². The Morgan fingerprint density at radius 3 is 2.42 bits per heavy atom. The van der Waals surface area contributed by atoms with Gasteiger partial charge in [-0.25, -0.2) is 9.19 Å². The van der Waals surface area contributed by atoms with Crippen LogP contribution in [-0.4, -0.2) is 42.9 Å². The second-order valence-corrected chi connectivity index (χ2v) is 13.4. The fourth-order valence-corrected chi connectivity index (χ4v) is 6.06. The van der Waals surface area contributed by atoms with Gasteiger partial charge in [-0.1, -0.05) is 41.4 Å². The Bertz CT molecular complexity index is 1540. The average molecular weight is 574 g/mol. The van der Waals surface area contributed by atoms with Gasteiger partial charge >= 0.3 is 0 Å². The molecule has 1 aromatic heterocycles. The van der Waals surface area contributed by atoms with E-state index in [9.17, 15) is 9.00 Å². The van der Waals surface area contributed by atoms with Gasteiger partial charge in [-0.3, -0.25) is 9.36 Å². The van der Waals surface area contributed by atoms with Gasteiger partial charge in [0.15, 0.2) is 5.60 Å². The number of piperidine rings is 1. The second kappa shape index (κ2) is 9.81. The molecule has 0 bridgehead atoms. The van der Waals surface area contributed by atoms with Crippen molar-refractivity contribution in [2.75, 3.05) is 18.0 Å². The number of fused-ring (bicyclic) bond motifs is 1. The molecule has 0 unspecified atom stereocenters. The number of nitrogens with zero attached hydrogens (tertiary/aromatic N) is 4. The monoisotopic (exact) mass is 572 g/mol. The molecular formula is C28H30Cl2N4O3S. The van der Waals surface area contributed by atoms with Crippen molar-refractivity contribution in [3.63, 3.8) is 0 Å². The van der Waals surface area contributed by atoms with Crippen molar-refractivity contribution in [1.29, 1.82) is 0 Å². The highest BCUT2D eigenvalue weighted by atomic mass is 35.5. The van der Waals surface area contributed by atoms with Gasteiger partial charge in [-0.05, 0) is 58.9 Å². The molecular weight excluding hydrogens is 543 g/mol. The number of aromatic nitrogens is 2. The van der Waals surface area contributed by atoms with E-state index in [0.29, 0.717) is 58.9 Å². The number of hydrogen-bond acceptors (Lipinski definition) is 5. The molecule has 1 saturated heterocycles. The Kier molecular flexibility index (Phi) is 6.95. The third-order valence-corrected chi connectivity index (χ3v) is 9.28. The van der Waals surface area contributed by atoms with E-state index in [1.165, 1.54) is 4.57 Å². The van der Waals surface area contributed by atoms with Gasteiger partial charge in [0.25, 0.3) is 5.56 Å². The zero-order valence-corrected chi connectivity index (χ0v) is 24.4. The topological polar surface area (TPSA) is 76.8 Å². The summed E-state index contributed by atoms with van der Waals surface area (Å²) >= 11 is 12.6. The van der Waals surface area contributed by atoms with E-state index >= 15 is 0 Å². The van der Waals surface area contributed by atoms with Crippen LogP contribution in [0, 0.1) is 13.8 Å². The predicted molar refractivity (Wildman–Crippen MR) is 155 cm³/mol. The summed E-state index contributed by atoms with van der Waals surface area (Å²) in [5, 5.41) is 0.687. The van der Waals surface area contributed by atoms with Gasteiger partial charge < -0.3 is 9.64 Å². The molecule has 7 nitrogen and oxygen atoms in total. The van der Waals surface area contributed by atoms with Crippen molar-refractivity contribution in [2.24, 2.45) is 4.40 Å². The number of ether oxygens (including phenoxy) is 1.